The minimum atomic E-state index is -0.0965. The van der Waals surface area contributed by atoms with Gasteiger partial charge in [0.15, 0.2) is 0 Å². The van der Waals surface area contributed by atoms with E-state index in [0.717, 1.165) is 30.4 Å². The van der Waals surface area contributed by atoms with E-state index in [9.17, 15) is 9.59 Å². The predicted octanol–water partition coefficient (Wildman–Crippen LogP) is 3.13. The van der Waals surface area contributed by atoms with Crippen LogP contribution in [0, 0.1) is 5.92 Å². The van der Waals surface area contributed by atoms with Crippen molar-refractivity contribution in [2.75, 3.05) is 19.6 Å². The van der Waals surface area contributed by atoms with Crippen LogP contribution in [0.5, 0.6) is 0 Å². The van der Waals surface area contributed by atoms with Crippen LogP contribution in [-0.2, 0) is 0 Å². The molecule has 0 radical (unpaired) electrons. The molecule has 0 saturated carbocycles. The van der Waals surface area contributed by atoms with Crippen molar-refractivity contribution in [3.05, 3.63) is 64.4 Å². The first kappa shape index (κ1) is 17.6. The summed E-state index contributed by atoms with van der Waals surface area (Å²) in [6, 6.07) is 11.0. The Bertz CT molecular complexity index is 743. The second-order valence-electron chi connectivity index (χ2n) is 6.20. The summed E-state index contributed by atoms with van der Waals surface area (Å²) >= 11 is 3.40. The molecule has 130 valence electrons. The highest BCUT2D eigenvalue weighted by Gasteiger charge is 2.24. The second-order valence-corrected chi connectivity index (χ2v) is 7.11. The average molecular weight is 402 g/mol. The third kappa shape index (κ3) is 4.66. The molecule has 5 nitrogen and oxygen atoms in total. The van der Waals surface area contributed by atoms with Gasteiger partial charge >= 0.3 is 0 Å². The molecule has 1 aromatic heterocycles. The molecule has 25 heavy (non-hydrogen) atoms. The molecule has 0 bridgehead atoms. The largest absolute Gasteiger partial charge is 0.352 e. The lowest BCUT2D eigenvalue weighted by Crippen LogP contribution is -2.41. The van der Waals surface area contributed by atoms with Gasteiger partial charge in [-0.1, -0.05) is 22.0 Å². The standard InChI is InChI=1S/C19H20BrN3O2/c20-17-5-1-3-15(11-17)19(25)23-9-6-14(7-10-23)12-22-18(24)16-4-2-8-21-13-16/h1-5,8,11,13-14H,6-7,9-10,12H2,(H,22,24). The van der Waals surface area contributed by atoms with Gasteiger partial charge < -0.3 is 10.2 Å². The number of aromatic nitrogens is 1. The molecule has 1 saturated heterocycles. The summed E-state index contributed by atoms with van der Waals surface area (Å²) < 4.78 is 0.909. The molecule has 1 aliphatic heterocycles. The van der Waals surface area contributed by atoms with Crippen molar-refractivity contribution in [2.45, 2.75) is 12.8 Å². The summed E-state index contributed by atoms with van der Waals surface area (Å²) in [6.07, 6.45) is 5.00. The van der Waals surface area contributed by atoms with E-state index in [0.29, 0.717) is 23.6 Å². The fraction of sp³-hybridized carbons (Fsp3) is 0.316. The zero-order valence-electron chi connectivity index (χ0n) is 13.8. The molecule has 0 aliphatic carbocycles. The van der Waals surface area contributed by atoms with E-state index < -0.39 is 0 Å². The average Bonchev–Trinajstić information content (AvgIpc) is 2.66. The van der Waals surface area contributed by atoms with Gasteiger partial charge in [0.05, 0.1) is 5.56 Å². The Kier molecular flexibility index (Phi) is 5.81. The highest BCUT2D eigenvalue weighted by atomic mass is 79.9. The van der Waals surface area contributed by atoms with Crippen LogP contribution in [0.4, 0.5) is 0 Å². The van der Waals surface area contributed by atoms with E-state index in [1.54, 1.807) is 24.5 Å². The molecule has 3 rings (SSSR count). The lowest BCUT2D eigenvalue weighted by Gasteiger charge is -2.32. The van der Waals surface area contributed by atoms with Crippen molar-refractivity contribution < 1.29 is 9.59 Å². The first-order valence-electron chi connectivity index (χ1n) is 8.36. The Balaban J connectivity index is 1.47. The van der Waals surface area contributed by atoms with Crippen molar-refractivity contribution in [1.29, 1.82) is 0 Å². The number of piperidine rings is 1. The summed E-state index contributed by atoms with van der Waals surface area (Å²) in [6.45, 7) is 2.07. The maximum Gasteiger partial charge on any atom is 0.253 e. The molecule has 2 heterocycles. The minimum Gasteiger partial charge on any atom is -0.352 e. The number of hydrogen-bond donors (Lipinski definition) is 1. The molecule has 1 aromatic carbocycles. The molecule has 2 amide bonds. The molecule has 0 atom stereocenters. The smallest absolute Gasteiger partial charge is 0.253 e. The number of rotatable bonds is 4. The number of pyridine rings is 1. The summed E-state index contributed by atoms with van der Waals surface area (Å²) in [7, 11) is 0. The Morgan fingerprint density at radius 1 is 1.16 bits per heavy atom. The van der Waals surface area contributed by atoms with Crippen molar-refractivity contribution in [2.24, 2.45) is 5.92 Å². The van der Waals surface area contributed by atoms with Gasteiger partial charge in [-0.2, -0.15) is 0 Å². The number of nitrogens with one attached hydrogen (secondary N) is 1. The Labute approximate surface area is 155 Å². The van der Waals surface area contributed by atoms with Crippen LogP contribution >= 0.6 is 15.9 Å². The Morgan fingerprint density at radius 3 is 2.60 bits per heavy atom. The van der Waals surface area contributed by atoms with Crippen LogP contribution in [0.3, 0.4) is 0 Å². The number of hydrogen-bond acceptors (Lipinski definition) is 3. The topological polar surface area (TPSA) is 62.3 Å². The van der Waals surface area contributed by atoms with Gasteiger partial charge in [0.1, 0.15) is 0 Å². The molecular weight excluding hydrogens is 382 g/mol. The van der Waals surface area contributed by atoms with Crippen LogP contribution in [0.25, 0.3) is 0 Å². The highest BCUT2D eigenvalue weighted by Crippen LogP contribution is 2.20. The fourth-order valence-corrected chi connectivity index (χ4v) is 3.38. The van der Waals surface area contributed by atoms with Gasteiger partial charge in [-0.15, -0.1) is 0 Å². The predicted molar refractivity (Wildman–Crippen MR) is 99.3 cm³/mol. The number of carbonyl (C=O) groups is 2. The van der Waals surface area contributed by atoms with Gasteiger partial charge in [-0.25, -0.2) is 0 Å². The van der Waals surface area contributed by atoms with Crippen molar-refractivity contribution in [1.82, 2.24) is 15.2 Å². The summed E-state index contributed by atoms with van der Waals surface area (Å²) in [5.74, 6) is 0.368. The van der Waals surface area contributed by atoms with E-state index in [1.807, 2.05) is 29.2 Å². The van der Waals surface area contributed by atoms with Crippen molar-refractivity contribution in [3.63, 3.8) is 0 Å². The second kappa shape index (κ2) is 8.25. The molecule has 1 aliphatic rings. The van der Waals surface area contributed by atoms with Crippen molar-refractivity contribution >= 4 is 27.7 Å². The van der Waals surface area contributed by atoms with Gasteiger partial charge in [-0.3, -0.25) is 14.6 Å². The number of nitrogens with zero attached hydrogens (tertiary/aromatic N) is 2. The number of carbonyl (C=O) groups excluding carboxylic acids is 2. The molecule has 1 fully saturated rings. The first-order valence-corrected chi connectivity index (χ1v) is 9.16. The molecular formula is C19H20BrN3O2. The zero-order chi connectivity index (χ0) is 17.6. The van der Waals surface area contributed by atoms with Gasteiger partial charge in [0, 0.05) is 42.1 Å². The lowest BCUT2D eigenvalue weighted by molar-refractivity contribution is 0.0684. The first-order chi connectivity index (χ1) is 12.1. The van der Waals surface area contributed by atoms with E-state index in [1.165, 1.54) is 0 Å². The Hall–Kier alpha value is -2.21. The third-order valence-electron chi connectivity index (χ3n) is 4.45. The number of halogens is 1. The van der Waals surface area contributed by atoms with Gasteiger partial charge in [-0.05, 0) is 49.1 Å². The quantitative estimate of drug-likeness (QED) is 0.855. The van der Waals surface area contributed by atoms with E-state index in [4.69, 9.17) is 0 Å². The third-order valence-corrected chi connectivity index (χ3v) is 4.94. The fourth-order valence-electron chi connectivity index (χ4n) is 2.98. The lowest BCUT2D eigenvalue weighted by atomic mass is 9.96. The monoisotopic (exact) mass is 401 g/mol. The van der Waals surface area contributed by atoms with Crippen LogP contribution in [0.15, 0.2) is 53.3 Å². The molecule has 2 aromatic rings. The molecule has 0 spiro atoms. The van der Waals surface area contributed by atoms with Gasteiger partial charge in [0.2, 0.25) is 0 Å². The van der Waals surface area contributed by atoms with Crippen LogP contribution in [0.2, 0.25) is 0 Å². The minimum absolute atomic E-state index is 0.0687. The normalized spacial score (nSPS) is 15.0. The zero-order valence-corrected chi connectivity index (χ0v) is 15.4. The summed E-state index contributed by atoms with van der Waals surface area (Å²) in [5.41, 5.74) is 1.28. The Morgan fingerprint density at radius 2 is 1.92 bits per heavy atom. The number of benzene rings is 1. The molecule has 6 heteroatoms. The van der Waals surface area contributed by atoms with E-state index >= 15 is 0 Å². The number of likely N-dealkylation sites (tertiary alicyclic amines) is 1. The van der Waals surface area contributed by atoms with E-state index in [-0.39, 0.29) is 11.8 Å². The van der Waals surface area contributed by atoms with Crippen LogP contribution in [-0.4, -0.2) is 41.3 Å². The maximum atomic E-state index is 12.5. The molecule has 0 unspecified atom stereocenters. The highest BCUT2D eigenvalue weighted by molar-refractivity contribution is 9.10. The summed E-state index contributed by atoms with van der Waals surface area (Å²) in [5, 5.41) is 2.96. The van der Waals surface area contributed by atoms with Crippen molar-refractivity contribution in [3.8, 4) is 0 Å². The van der Waals surface area contributed by atoms with E-state index in [2.05, 4.69) is 26.2 Å². The number of amides is 2. The van der Waals surface area contributed by atoms with Gasteiger partial charge in [0.25, 0.3) is 11.8 Å². The maximum absolute atomic E-state index is 12.5. The SMILES string of the molecule is O=C(NCC1CCN(C(=O)c2cccc(Br)c2)CC1)c1cccnc1. The summed E-state index contributed by atoms with van der Waals surface area (Å²) in [4.78, 5) is 30.4. The molecule has 1 N–H and O–H groups in total. The van der Waals surface area contributed by atoms with Crippen LogP contribution in [0.1, 0.15) is 33.6 Å². The van der Waals surface area contributed by atoms with Crippen LogP contribution < -0.4 is 5.32 Å².